The number of ether oxygens (including phenoxy) is 1. The average molecular weight is 370 g/mol. The summed E-state index contributed by atoms with van der Waals surface area (Å²) in [6.45, 7) is 5.30. The van der Waals surface area contributed by atoms with E-state index in [-0.39, 0.29) is 18.4 Å². The lowest BCUT2D eigenvalue weighted by Gasteiger charge is -2.19. The SMILES string of the molecule is COC(=O)CN1C(=O)C(C)(C)c2cc(NC(=O)c3cc(C)n(C)n3)ccc21. The van der Waals surface area contributed by atoms with Gasteiger partial charge in [0.25, 0.3) is 5.91 Å². The molecule has 1 aromatic carbocycles. The van der Waals surface area contributed by atoms with E-state index < -0.39 is 11.4 Å². The van der Waals surface area contributed by atoms with Crippen LogP contribution in [-0.2, 0) is 26.8 Å². The van der Waals surface area contributed by atoms with Gasteiger partial charge in [0.1, 0.15) is 6.54 Å². The highest BCUT2D eigenvalue weighted by molar-refractivity contribution is 6.10. The number of benzene rings is 1. The molecule has 8 nitrogen and oxygen atoms in total. The first-order valence-corrected chi connectivity index (χ1v) is 8.50. The Morgan fingerprint density at radius 1 is 1.26 bits per heavy atom. The number of hydrogen-bond donors (Lipinski definition) is 1. The fraction of sp³-hybridized carbons (Fsp3) is 0.368. The molecule has 0 fully saturated rings. The number of aromatic nitrogens is 2. The third-order valence-corrected chi connectivity index (χ3v) is 4.86. The van der Waals surface area contributed by atoms with E-state index >= 15 is 0 Å². The van der Waals surface area contributed by atoms with Crippen LogP contribution in [0.4, 0.5) is 11.4 Å². The molecule has 1 aliphatic heterocycles. The van der Waals surface area contributed by atoms with Crippen molar-refractivity contribution in [3.63, 3.8) is 0 Å². The van der Waals surface area contributed by atoms with Crippen molar-refractivity contribution in [2.24, 2.45) is 7.05 Å². The number of carbonyl (C=O) groups is 3. The lowest BCUT2D eigenvalue weighted by molar-refractivity contribution is -0.140. The molecule has 3 rings (SSSR count). The zero-order valence-electron chi connectivity index (χ0n) is 16.0. The van der Waals surface area contributed by atoms with Crippen molar-refractivity contribution in [1.82, 2.24) is 9.78 Å². The Morgan fingerprint density at radius 3 is 2.56 bits per heavy atom. The van der Waals surface area contributed by atoms with Crippen LogP contribution in [0, 0.1) is 6.92 Å². The first-order chi connectivity index (χ1) is 12.6. The fourth-order valence-corrected chi connectivity index (χ4v) is 3.13. The van der Waals surface area contributed by atoms with Gasteiger partial charge >= 0.3 is 5.97 Å². The number of carbonyl (C=O) groups excluding carboxylic acids is 3. The van der Waals surface area contributed by atoms with Gasteiger partial charge in [-0.25, -0.2) is 0 Å². The molecule has 0 aliphatic carbocycles. The molecule has 8 heteroatoms. The maximum absolute atomic E-state index is 12.7. The number of esters is 1. The van der Waals surface area contributed by atoms with Crippen LogP contribution < -0.4 is 10.2 Å². The molecule has 0 saturated carbocycles. The molecule has 2 aromatic rings. The molecule has 0 saturated heterocycles. The topological polar surface area (TPSA) is 93.5 Å². The second-order valence-electron chi connectivity index (χ2n) is 7.07. The zero-order chi connectivity index (χ0) is 19.9. The van der Waals surface area contributed by atoms with E-state index in [4.69, 9.17) is 0 Å². The predicted octanol–water partition coefficient (Wildman–Crippen LogP) is 1.78. The van der Waals surface area contributed by atoms with Crippen molar-refractivity contribution in [3.8, 4) is 0 Å². The number of nitrogens with one attached hydrogen (secondary N) is 1. The Balaban J connectivity index is 1.90. The van der Waals surface area contributed by atoms with Crippen molar-refractivity contribution in [3.05, 3.63) is 41.2 Å². The smallest absolute Gasteiger partial charge is 0.325 e. The van der Waals surface area contributed by atoms with Crippen LogP contribution in [0.25, 0.3) is 0 Å². The minimum absolute atomic E-state index is 0.148. The third-order valence-electron chi connectivity index (χ3n) is 4.86. The monoisotopic (exact) mass is 370 g/mol. The van der Waals surface area contributed by atoms with E-state index in [1.807, 2.05) is 6.92 Å². The lowest BCUT2D eigenvalue weighted by atomic mass is 9.86. The largest absolute Gasteiger partial charge is 0.468 e. The standard InChI is InChI=1S/C19H22N4O4/c1-11-8-14(21-22(11)4)17(25)20-12-6-7-15-13(9-12)19(2,3)18(26)23(15)10-16(24)27-5/h6-9H,10H2,1-5H3,(H,20,25). The first kappa shape index (κ1) is 18.6. The van der Waals surface area contributed by atoms with E-state index in [1.165, 1.54) is 12.0 Å². The summed E-state index contributed by atoms with van der Waals surface area (Å²) < 4.78 is 6.31. The highest BCUT2D eigenvalue weighted by Crippen LogP contribution is 2.42. The molecule has 2 heterocycles. The summed E-state index contributed by atoms with van der Waals surface area (Å²) >= 11 is 0. The van der Waals surface area contributed by atoms with Crippen molar-refractivity contribution in [2.75, 3.05) is 23.9 Å². The van der Waals surface area contributed by atoms with Gasteiger partial charge in [-0.15, -0.1) is 0 Å². The van der Waals surface area contributed by atoms with Gasteiger partial charge in [0.2, 0.25) is 5.91 Å². The Morgan fingerprint density at radius 2 is 1.96 bits per heavy atom. The number of nitrogens with zero attached hydrogens (tertiary/aromatic N) is 3. The van der Waals surface area contributed by atoms with Crippen LogP contribution in [0.2, 0.25) is 0 Å². The number of amides is 2. The van der Waals surface area contributed by atoms with E-state index in [1.54, 1.807) is 49.8 Å². The van der Waals surface area contributed by atoms with Crippen LogP contribution in [0.1, 0.15) is 35.6 Å². The summed E-state index contributed by atoms with van der Waals surface area (Å²) in [5.74, 6) is -1.01. The average Bonchev–Trinajstić information content (AvgIpc) is 3.05. The second-order valence-corrected chi connectivity index (χ2v) is 7.07. The molecular weight excluding hydrogens is 348 g/mol. The molecule has 0 atom stereocenters. The number of fused-ring (bicyclic) bond motifs is 1. The van der Waals surface area contributed by atoms with E-state index in [0.717, 1.165) is 11.3 Å². The van der Waals surface area contributed by atoms with Crippen molar-refractivity contribution in [1.29, 1.82) is 0 Å². The molecule has 2 amide bonds. The van der Waals surface area contributed by atoms with Crippen molar-refractivity contribution >= 4 is 29.2 Å². The van der Waals surface area contributed by atoms with Gasteiger partial charge in [-0.2, -0.15) is 5.10 Å². The Kier molecular flexibility index (Phi) is 4.51. The second kappa shape index (κ2) is 6.53. The molecule has 27 heavy (non-hydrogen) atoms. The van der Waals surface area contributed by atoms with Gasteiger partial charge < -0.3 is 15.0 Å². The minimum atomic E-state index is -0.814. The van der Waals surface area contributed by atoms with E-state index in [9.17, 15) is 14.4 Å². The van der Waals surface area contributed by atoms with Gasteiger partial charge in [-0.1, -0.05) is 0 Å². The number of hydrogen-bond acceptors (Lipinski definition) is 5. The van der Waals surface area contributed by atoms with E-state index in [2.05, 4.69) is 15.2 Å². The summed E-state index contributed by atoms with van der Waals surface area (Å²) in [6, 6.07) is 6.89. The lowest BCUT2D eigenvalue weighted by Crippen LogP contribution is -2.39. The summed E-state index contributed by atoms with van der Waals surface area (Å²) in [6.07, 6.45) is 0. The Bertz CT molecular complexity index is 926. The number of anilines is 2. The van der Waals surface area contributed by atoms with Gasteiger partial charge in [0, 0.05) is 24.1 Å². The molecule has 1 aromatic heterocycles. The van der Waals surface area contributed by atoms with Crippen LogP contribution in [0.5, 0.6) is 0 Å². The van der Waals surface area contributed by atoms with Crippen molar-refractivity contribution < 1.29 is 19.1 Å². The Labute approximate surface area is 157 Å². The van der Waals surface area contributed by atoms with Crippen LogP contribution >= 0.6 is 0 Å². The van der Waals surface area contributed by atoms with Crippen LogP contribution in [0.3, 0.4) is 0 Å². The van der Waals surface area contributed by atoms with Gasteiger partial charge in [0.15, 0.2) is 5.69 Å². The molecule has 1 aliphatic rings. The van der Waals surface area contributed by atoms with Crippen molar-refractivity contribution in [2.45, 2.75) is 26.2 Å². The number of aryl methyl sites for hydroxylation is 2. The van der Waals surface area contributed by atoms with Crippen LogP contribution in [0.15, 0.2) is 24.3 Å². The zero-order valence-corrected chi connectivity index (χ0v) is 16.0. The molecule has 0 unspecified atom stereocenters. The third kappa shape index (κ3) is 3.18. The highest BCUT2D eigenvalue weighted by Gasteiger charge is 2.44. The minimum Gasteiger partial charge on any atom is -0.468 e. The summed E-state index contributed by atoms with van der Waals surface area (Å²) in [4.78, 5) is 38.2. The fourth-order valence-electron chi connectivity index (χ4n) is 3.13. The van der Waals surface area contributed by atoms with E-state index in [0.29, 0.717) is 17.1 Å². The van der Waals surface area contributed by atoms with Crippen LogP contribution in [-0.4, -0.2) is 41.2 Å². The summed E-state index contributed by atoms with van der Waals surface area (Å²) in [5, 5.41) is 6.98. The highest BCUT2D eigenvalue weighted by atomic mass is 16.5. The molecule has 0 radical (unpaired) electrons. The quantitative estimate of drug-likeness (QED) is 0.828. The molecular formula is C19H22N4O4. The predicted molar refractivity (Wildman–Crippen MR) is 99.7 cm³/mol. The summed E-state index contributed by atoms with van der Waals surface area (Å²) in [7, 11) is 3.05. The first-order valence-electron chi connectivity index (χ1n) is 8.50. The van der Waals surface area contributed by atoms with Gasteiger partial charge in [-0.05, 0) is 50.6 Å². The molecule has 142 valence electrons. The molecule has 0 spiro atoms. The number of methoxy groups -OCH3 is 1. The van der Waals surface area contributed by atoms with Gasteiger partial charge in [-0.3, -0.25) is 19.1 Å². The number of rotatable bonds is 4. The summed E-state index contributed by atoms with van der Waals surface area (Å²) in [5.41, 5.74) is 2.32. The normalized spacial score (nSPS) is 14.9. The Hall–Kier alpha value is -3.16. The maximum atomic E-state index is 12.7. The molecule has 0 bridgehead atoms. The van der Waals surface area contributed by atoms with Gasteiger partial charge in [0.05, 0.1) is 12.5 Å². The molecule has 1 N–H and O–H groups in total. The maximum Gasteiger partial charge on any atom is 0.325 e.